The number of hydrogen-bond acceptors (Lipinski definition) is 4. The molecule has 2 aromatic heterocycles. The quantitative estimate of drug-likeness (QED) is 0.584. The molecule has 1 atom stereocenters. The molecule has 2 N–H and O–H groups in total. The first kappa shape index (κ1) is 18.4. The highest BCUT2D eigenvalue weighted by Crippen LogP contribution is 2.29. The smallest absolute Gasteiger partial charge is 0.291 e. The van der Waals surface area contributed by atoms with Crippen LogP contribution in [0.3, 0.4) is 0 Å². The lowest BCUT2D eigenvalue weighted by Gasteiger charge is -2.15. The van der Waals surface area contributed by atoms with Crippen molar-refractivity contribution < 1.29 is 14.0 Å². The summed E-state index contributed by atoms with van der Waals surface area (Å²) in [6, 6.07) is 12.6. The van der Waals surface area contributed by atoms with Crippen LogP contribution < -0.4 is 10.6 Å². The van der Waals surface area contributed by atoms with Gasteiger partial charge in [0.05, 0.1) is 22.2 Å². The van der Waals surface area contributed by atoms with E-state index in [1.165, 1.54) is 17.6 Å². The predicted octanol–water partition coefficient (Wildman–Crippen LogP) is 5.16. The van der Waals surface area contributed by atoms with Crippen LogP contribution in [-0.2, 0) is 0 Å². The lowest BCUT2D eigenvalue weighted by molar-refractivity contribution is 0.0942. The first-order valence-electron chi connectivity index (χ1n) is 7.96. The van der Waals surface area contributed by atoms with Gasteiger partial charge in [-0.05, 0) is 49.2 Å². The van der Waals surface area contributed by atoms with Crippen molar-refractivity contribution in [2.24, 2.45) is 0 Å². The average molecular weight is 433 g/mol. The summed E-state index contributed by atoms with van der Waals surface area (Å²) in [6.45, 7) is 3.78. The predicted molar refractivity (Wildman–Crippen MR) is 106 cm³/mol. The molecule has 0 fully saturated rings. The van der Waals surface area contributed by atoms with Gasteiger partial charge in [0, 0.05) is 4.47 Å². The number of carbonyl (C=O) groups excluding carboxylic acids is 2. The number of aryl methyl sites for hydroxylation is 1. The number of nitrogens with one attached hydrogen (secondary N) is 2. The van der Waals surface area contributed by atoms with Crippen LogP contribution in [0.4, 0.5) is 5.00 Å². The fourth-order valence-electron chi connectivity index (χ4n) is 2.52. The van der Waals surface area contributed by atoms with Crippen molar-refractivity contribution in [3.63, 3.8) is 0 Å². The topological polar surface area (TPSA) is 71.3 Å². The van der Waals surface area contributed by atoms with E-state index in [0.717, 1.165) is 15.6 Å². The van der Waals surface area contributed by atoms with E-state index in [0.29, 0.717) is 9.88 Å². The number of benzene rings is 1. The summed E-state index contributed by atoms with van der Waals surface area (Å²) in [5.41, 5.74) is 1.81. The van der Waals surface area contributed by atoms with E-state index in [1.54, 1.807) is 18.2 Å². The number of furan rings is 1. The number of thiophene rings is 1. The summed E-state index contributed by atoms with van der Waals surface area (Å²) >= 11 is 4.74. The van der Waals surface area contributed by atoms with Crippen molar-refractivity contribution in [3.8, 4) is 0 Å². The molecule has 0 unspecified atom stereocenters. The number of hydrogen-bond donors (Lipinski definition) is 2. The van der Waals surface area contributed by atoms with Crippen molar-refractivity contribution in [3.05, 3.63) is 75.0 Å². The minimum Gasteiger partial charge on any atom is -0.459 e. The van der Waals surface area contributed by atoms with Gasteiger partial charge < -0.3 is 15.1 Å². The monoisotopic (exact) mass is 432 g/mol. The SMILES string of the molecule is Cc1cc(NC(=O)c2ccco2)sc1C(=O)N[C@@H](C)c1ccccc1Br. The molecular weight excluding hydrogens is 416 g/mol. The third-order valence-corrected chi connectivity index (χ3v) is 5.70. The van der Waals surface area contributed by atoms with Gasteiger partial charge in [-0.25, -0.2) is 0 Å². The van der Waals surface area contributed by atoms with Crippen LogP contribution in [0.2, 0.25) is 0 Å². The molecule has 7 heteroatoms. The van der Waals surface area contributed by atoms with E-state index in [9.17, 15) is 9.59 Å². The Morgan fingerprint density at radius 1 is 1.15 bits per heavy atom. The van der Waals surface area contributed by atoms with E-state index >= 15 is 0 Å². The van der Waals surface area contributed by atoms with Crippen molar-refractivity contribution in [1.29, 1.82) is 0 Å². The number of amides is 2. The molecule has 0 aliphatic rings. The van der Waals surface area contributed by atoms with Crippen molar-refractivity contribution >= 4 is 44.1 Å². The Morgan fingerprint density at radius 2 is 1.92 bits per heavy atom. The van der Waals surface area contributed by atoms with Crippen LogP contribution in [-0.4, -0.2) is 11.8 Å². The fraction of sp³-hybridized carbons (Fsp3) is 0.158. The number of halogens is 1. The van der Waals surface area contributed by atoms with E-state index in [2.05, 4.69) is 26.6 Å². The number of rotatable bonds is 5. The van der Waals surface area contributed by atoms with Gasteiger partial charge in [0.15, 0.2) is 5.76 Å². The highest BCUT2D eigenvalue weighted by molar-refractivity contribution is 9.10. The molecule has 134 valence electrons. The molecule has 0 spiro atoms. The van der Waals surface area contributed by atoms with Gasteiger partial charge >= 0.3 is 0 Å². The molecule has 3 rings (SSSR count). The molecule has 1 aromatic carbocycles. The molecule has 2 heterocycles. The first-order valence-corrected chi connectivity index (χ1v) is 9.57. The van der Waals surface area contributed by atoms with Gasteiger partial charge in [0.25, 0.3) is 11.8 Å². The molecule has 0 saturated carbocycles. The molecule has 0 radical (unpaired) electrons. The second-order valence-corrected chi connectivity index (χ2v) is 7.68. The maximum absolute atomic E-state index is 12.6. The Labute approximate surface area is 163 Å². The summed E-state index contributed by atoms with van der Waals surface area (Å²) < 4.78 is 6.02. The summed E-state index contributed by atoms with van der Waals surface area (Å²) in [4.78, 5) is 25.3. The molecule has 3 aromatic rings. The molecular formula is C19H17BrN2O3S. The van der Waals surface area contributed by atoms with E-state index in [1.807, 2.05) is 38.1 Å². The van der Waals surface area contributed by atoms with Gasteiger partial charge in [-0.3, -0.25) is 9.59 Å². The normalized spacial score (nSPS) is 11.8. The zero-order chi connectivity index (χ0) is 18.7. The molecule has 2 amide bonds. The van der Waals surface area contributed by atoms with Crippen molar-refractivity contribution in [2.75, 3.05) is 5.32 Å². The molecule has 0 saturated heterocycles. The lowest BCUT2D eigenvalue weighted by Crippen LogP contribution is -2.26. The maximum Gasteiger partial charge on any atom is 0.291 e. The second kappa shape index (κ2) is 7.88. The van der Waals surface area contributed by atoms with Crippen LogP contribution in [0.1, 0.15) is 44.3 Å². The van der Waals surface area contributed by atoms with Crippen LogP contribution in [0.5, 0.6) is 0 Å². The van der Waals surface area contributed by atoms with Crippen molar-refractivity contribution in [2.45, 2.75) is 19.9 Å². The zero-order valence-electron chi connectivity index (χ0n) is 14.2. The second-order valence-electron chi connectivity index (χ2n) is 5.77. The standard InChI is InChI=1S/C19H17BrN2O3S/c1-11-10-16(22-18(23)15-8-5-9-25-15)26-17(11)19(24)21-12(2)13-6-3-4-7-14(13)20/h3-10,12H,1-2H3,(H,21,24)(H,22,23)/t12-/m0/s1. The average Bonchev–Trinajstić information content (AvgIpc) is 3.25. The zero-order valence-corrected chi connectivity index (χ0v) is 16.6. The van der Waals surface area contributed by atoms with Gasteiger partial charge in [0.2, 0.25) is 0 Å². The molecule has 0 aliphatic heterocycles. The molecule has 0 aliphatic carbocycles. The fourth-order valence-corrected chi connectivity index (χ4v) is 4.12. The highest BCUT2D eigenvalue weighted by Gasteiger charge is 2.19. The van der Waals surface area contributed by atoms with Gasteiger partial charge in [-0.1, -0.05) is 34.1 Å². The summed E-state index contributed by atoms with van der Waals surface area (Å²) in [6.07, 6.45) is 1.44. The highest BCUT2D eigenvalue weighted by atomic mass is 79.9. The van der Waals surface area contributed by atoms with Crippen LogP contribution in [0.15, 0.2) is 57.6 Å². The summed E-state index contributed by atoms with van der Waals surface area (Å²) in [5.74, 6) is -0.288. The number of carbonyl (C=O) groups is 2. The first-order chi connectivity index (χ1) is 12.5. The Morgan fingerprint density at radius 3 is 2.62 bits per heavy atom. The molecule has 5 nitrogen and oxygen atoms in total. The Bertz CT molecular complexity index is 934. The number of anilines is 1. The van der Waals surface area contributed by atoms with Crippen LogP contribution in [0.25, 0.3) is 0 Å². The Kier molecular flexibility index (Phi) is 5.58. The summed E-state index contributed by atoms with van der Waals surface area (Å²) in [7, 11) is 0. The molecule has 26 heavy (non-hydrogen) atoms. The largest absolute Gasteiger partial charge is 0.459 e. The van der Waals surface area contributed by atoms with E-state index < -0.39 is 0 Å². The molecule has 0 bridgehead atoms. The Balaban J connectivity index is 1.71. The minimum atomic E-state index is -0.343. The maximum atomic E-state index is 12.6. The third-order valence-electron chi connectivity index (χ3n) is 3.83. The summed E-state index contributed by atoms with van der Waals surface area (Å²) in [5, 5.41) is 6.35. The van der Waals surface area contributed by atoms with Gasteiger partial charge in [-0.2, -0.15) is 0 Å². The van der Waals surface area contributed by atoms with E-state index in [-0.39, 0.29) is 23.6 Å². The lowest BCUT2D eigenvalue weighted by atomic mass is 10.1. The van der Waals surface area contributed by atoms with E-state index in [4.69, 9.17) is 4.42 Å². The van der Waals surface area contributed by atoms with Gasteiger partial charge in [-0.15, -0.1) is 11.3 Å². The third kappa shape index (κ3) is 4.05. The van der Waals surface area contributed by atoms with Crippen LogP contribution >= 0.6 is 27.3 Å². The van der Waals surface area contributed by atoms with Gasteiger partial charge in [0.1, 0.15) is 0 Å². The van der Waals surface area contributed by atoms with Crippen LogP contribution in [0, 0.1) is 6.92 Å². The van der Waals surface area contributed by atoms with Crippen molar-refractivity contribution in [1.82, 2.24) is 5.32 Å². The Hall–Kier alpha value is -2.38. The minimum absolute atomic E-state index is 0.152.